The largest absolute Gasteiger partial charge is 0.444 e. The van der Waals surface area contributed by atoms with Crippen molar-refractivity contribution in [3.8, 4) is 0 Å². The van der Waals surface area contributed by atoms with Crippen molar-refractivity contribution < 1.29 is 14.3 Å². The third kappa shape index (κ3) is 5.98. The summed E-state index contributed by atoms with van der Waals surface area (Å²) < 4.78 is 5.27. The summed E-state index contributed by atoms with van der Waals surface area (Å²) in [6, 6.07) is 3.73. The highest BCUT2D eigenvalue weighted by atomic mass is 16.6. The molecule has 0 aromatic carbocycles. The van der Waals surface area contributed by atoms with Crippen molar-refractivity contribution in [2.45, 2.75) is 51.3 Å². The molecule has 0 bridgehead atoms. The van der Waals surface area contributed by atoms with Gasteiger partial charge in [-0.2, -0.15) is 0 Å². The monoisotopic (exact) mass is 390 g/mol. The number of rotatable bonds is 4. The van der Waals surface area contributed by atoms with Crippen molar-refractivity contribution in [1.29, 1.82) is 0 Å². The number of piperidine rings is 1. The fourth-order valence-corrected chi connectivity index (χ4v) is 3.24. The average Bonchev–Trinajstić information content (AvgIpc) is 2.57. The highest BCUT2D eigenvalue weighted by Crippen LogP contribution is 2.23. The van der Waals surface area contributed by atoms with E-state index in [9.17, 15) is 9.59 Å². The van der Waals surface area contributed by atoms with Gasteiger partial charge in [-0.05, 0) is 52.8 Å². The van der Waals surface area contributed by atoms with Gasteiger partial charge in [-0.1, -0.05) is 0 Å². The summed E-state index contributed by atoms with van der Waals surface area (Å²) in [4.78, 5) is 30.3. The zero-order chi connectivity index (χ0) is 20.1. The topological polar surface area (TPSA) is 108 Å². The summed E-state index contributed by atoms with van der Waals surface area (Å²) in [5.41, 5.74) is 0.447. The average molecular weight is 390 g/mol. The number of carbonyl (C=O) groups excluding carboxylic acids is 2. The van der Waals surface area contributed by atoms with Gasteiger partial charge in [0.1, 0.15) is 11.4 Å². The van der Waals surface area contributed by atoms with Gasteiger partial charge in [-0.25, -0.2) is 14.6 Å². The summed E-state index contributed by atoms with van der Waals surface area (Å²) in [5.74, 6) is 0.507. The zero-order valence-corrected chi connectivity index (χ0v) is 16.7. The summed E-state index contributed by atoms with van der Waals surface area (Å²) in [7, 11) is 0. The van der Waals surface area contributed by atoms with Gasteiger partial charge in [0.25, 0.3) is 0 Å². The first-order chi connectivity index (χ1) is 13.3. The number of anilines is 2. The van der Waals surface area contributed by atoms with Crippen LogP contribution in [0, 0.1) is 0 Å². The third-order valence-corrected chi connectivity index (χ3v) is 4.63. The van der Waals surface area contributed by atoms with Crippen LogP contribution in [0.3, 0.4) is 0 Å². The Morgan fingerprint density at radius 2 is 1.89 bits per heavy atom. The van der Waals surface area contributed by atoms with Crippen molar-refractivity contribution in [1.82, 2.24) is 20.9 Å². The van der Waals surface area contributed by atoms with E-state index in [-0.39, 0.29) is 18.1 Å². The Bertz CT molecular complexity index is 693. The second kappa shape index (κ2) is 8.64. The van der Waals surface area contributed by atoms with Gasteiger partial charge in [0, 0.05) is 37.1 Å². The van der Waals surface area contributed by atoms with Gasteiger partial charge >= 0.3 is 12.1 Å². The minimum atomic E-state index is -0.506. The van der Waals surface area contributed by atoms with E-state index in [4.69, 9.17) is 4.74 Å². The minimum Gasteiger partial charge on any atom is -0.444 e. The fraction of sp³-hybridized carbons (Fsp3) is 0.632. The summed E-state index contributed by atoms with van der Waals surface area (Å²) in [5, 5.41) is 11.9. The predicted molar refractivity (Wildman–Crippen MR) is 108 cm³/mol. The number of carbonyl (C=O) groups is 2. The van der Waals surface area contributed by atoms with Crippen LogP contribution in [-0.2, 0) is 4.74 Å². The maximum atomic E-state index is 12.2. The predicted octanol–water partition coefficient (Wildman–Crippen LogP) is 1.67. The Hall–Kier alpha value is -2.55. The van der Waals surface area contributed by atoms with Gasteiger partial charge in [-0.3, -0.25) is 5.32 Å². The molecule has 154 valence electrons. The lowest BCUT2D eigenvalue weighted by Crippen LogP contribution is -2.60. The summed E-state index contributed by atoms with van der Waals surface area (Å²) >= 11 is 0. The van der Waals surface area contributed by atoms with Crippen molar-refractivity contribution in [3.05, 3.63) is 18.3 Å². The second-order valence-corrected chi connectivity index (χ2v) is 8.27. The van der Waals surface area contributed by atoms with E-state index in [1.807, 2.05) is 32.9 Å². The number of ether oxygens (including phenoxy) is 1. The normalized spacial score (nSPS) is 18.2. The molecule has 9 heteroatoms. The van der Waals surface area contributed by atoms with E-state index >= 15 is 0 Å². The molecule has 28 heavy (non-hydrogen) atoms. The molecule has 0 saturated carbocycles. The highest BCUT2D eigenvalue weighted by Gasteiger charge is 2.30. The van der Waals surface area contributed by atoms with Gasteiger partial charge in [0.15, 0.2) is 0 Å². The van der Waals surface area contributed by atoms with Crippen LogP contribution in [0.25, 0.3) is 0 Å². The van der Waals surface area contributed by atoms with Gasteiger partial charge in [0.05, 0.1) is 6.04 Å². The lowest BCUT2D eigenvalue weighted by atomic mass is 10.1. The standard InChI is InChI=1S/C19H30N6O3/c1-19(2,3)28-18(27)23-14-11-25(12-14)15-6-9-21-16(10-15)24-17(26)22-13-4-7-20-8-5-13/h6,9-10,13-14,20H,4-5,7-8,11-12H2,1-3H3,(H,23,27)(H2,21,22,24,26). The molecule has 2 fully saturated rings. The number of pyridine rings is 1. The van der Waals surface area contributed by atoms with E-state index < -0.39 is 11.7 Å². The molecule has 1 aromatic heterocycles. The molecule has 0 aliphatic carbocycles. The highest BCUT2D eigenvalue weighted by molar-refractivity contribution is 5.89. The number of amides is 3. The molecule has 0 spiro atoms. The number of urea groups is 1. The smallest absolute Gasteiger partial charge is 0.407 e. The molecule has 2 aliphatic heterocycles. The number of alkyl carbamates (subject to hydrolysis) is 1. The molecule has 3 heterocycles. The third-order valence-electron chi connectivity index (χ3n) is 4.63. The van der Waals surface area contributed by atoms with Gasteiger partial charge < -0.3 is 25.6 Å². The molecule has 3 rings (SSSR count). The minimum absolute atomic E-state index is 0.0441. The van der Waals surface area contributed by atoms with E-state index in [1.165, 1.54) is 0 Å². The molecular formula is C19H30N6O3. The maximum Gasteiger partial charge on any atom is 0.407 e. The summed E-state index contributed by atoms with van der Waals surface area (Å²) in [6.07, 6.45) is 3.13. The maximum absolute atomic E-state index is 12.2. The van der Waals surface area contributed by atoms with Crippen LogP contribution in [0.1, 0.15) is 33.6 Å². The Morgan fingerprint density at radius 1 is 1.18 bits per heavy atom. The molecule has 0 unspecified atom stereocenters. The van der Waals surface area contributed by atoms with Crippen molar-refractivity contribution in [2.24, 2.45) is 0 Å². The van der Waals surface area contributed by atoms with Gasteiger partial charge in [0.2, 0.25) is 0 Å². The number of hydrogen-bond acceptors (Lipinski definition) is 6. The van der Waals surface area contributed by atoms with Crippen LogP contribution in [0.2, 0.25) is 0 Å². The lowest BCUT2D eigenvalue weighted by Gasteiger charge is -2.41. The van der Waals surface area contributed by atoms with Crippen LogP contribution in [0.15, 0.2) is 18.3 Å². The first-order valence-corrected chi connectivity index (χ1v) is 9.77. The van der Waals surface area contributed by atoms with Crippen molar-refractivity contribution in [3.63, 3.8) is 0 Å². The molecule has 0 atom stereocenters. The van der Waals surface area contributed by atoms with Crippen LogP contribution < -0.4 is 26.2 Å². The molecule has 2 aliphatic rings. The van der Waals surface area contributed by atoms with Crippen molar-refractivity contribution in [2.75, 3.05) is 36.4 Å². The quantitative estimate of drug-likeness (QED) is 0.623. The SMILES string of the molecule is CC(C)(C)OC(=O)NC1CN(c2ccnc(NC(=O)NC3CCNCC3)c2)C1. The number of hydrogen-bond donors (Lipinski definition) is 4. The molecular weight excluding hydrogens is 360 g/mol. The first kappa shape index (κ1) is 20.2. The molecule has 3 amide bonds. The Labute approximate surface area is 165 Å². The molecule has 0 radical (unpaired) electrons. The Balaban J connectivity index is 1.45. The Morgan fingerprint density at radius 3 is 2.57 bits per heavy atom. The molecule has 9 nitrogen and oxygen atoms in total. The second-order valence-electron chi connectivity index (χ2n) is 8.27. The van der Waals surface area contributed by atoms with Crippen LogP contribution in [0.4, 0.5) is 21.1 Å². The number of nitrogens with one attached hydrogen (secondary N) is 4. The Kier molecular flexibility index (Phi) is 6.23. The summed E-state index contributed by atoms with van der Waals surface area (Å²) in [6.45, 7) is 8.73. The van der Waals surface area contributed by atoms with Gasteiger partial charge in [-0.15, -0.1) is 0 Å². The fourth-order valence-electron chi connectivity index (χ4n) is 3.24. The van der Waals surface area contributed by atoms with Crippen molar-refractivity contribution >= 4 is 23.6 Å². The van der Waals surface area contributed by atoms with Crippen LogP contribution >= 0.6 is 0 Å². The molecule has 1 aromatic rings. The lowest BCUT2D eigenvalue weighted by molar-refractivity contribution is 0.0496. The van der Waals surface area contributed by atoms with E-state index in [1.54, 1.807) is 6.20 Å². The van der Waals surface area contributed by atoms with E-state index in [0.29, 0.717) is 18.9 Å². The number of aromatic nitrogens is 1. The number of nitrogens with zero attached hydrogens (tertiary/aromatic N) is 2. The van der Waals surface area contributed by atoms with Crippen LogP contribution in [0.5, 0.6) is 0 Å². The first-order valence-electron chi connectivity index (χ1n) is 9.77. The zero-order valence-electron chi connectivity index (χ0n) is 16.7. The van der Waals surface area contributed by atoms with E-state index in [2.05, 4.69) is 31.2 Å². The van der Waals surface area contributed by atoms with Crippen LogP contribution in [-0.4, -0.2) is 61.0 Å². The molecule has 2 saturated heterocycles. The molecule has 4 N–H and O–H groups in total. The van der Waals surface area contributed by atoms with E-state index in [0.717, 1.165) is 31.6 Å².